The molecule has 0 aromatic rings. The Morgan fingerprint density at radius 2 is 2.60 bits per heavy atom. The average Bonchev–Trinajstić information content (AvgIpc) is 1.82. The summed E-state index contributed by atoms with van der Waals surface area (Å²) in [6, 6.07) is 0. The second-order valence-corrected chi connectivity index (χ2v) is 1.68. The van der Waals surface area contributed by atoms with Crippen LogP contribution in [-0.2, 0) is 4.70 Å². The molecule has 4 nitrogen and oxygen atoms in total. The van der Waals surface area contributed by atoms with Crippen molar-refractivity contribution in [3.8, 4) is 0 Å². The van der Waals surface area contributed by atoms with Gasteiger partial charge in [0.05, 0.1) is 0 Å². The van der Waals surface area contributed by atoms with Gasteiger partial charge in [0.25, 0.3) is 0 Å². The van der Waals surface area contributed by atoms with Crippen molar-refractivity contribution in [2.24, 2.45) is 4.99 Å². The zero-order valence-corrected chi connectivity index (χ0v) is 5.74. The van der Waals surface area contributed by atoms with Crippen LogP contribution in [0.4, 0.5) is 0 Å². The topological polar surface area (TPSA) is 61.7 Å². The van der Waals surface area contributed by atoms with Crippen molar-refractivity contribution in [3.63, 3.8) is 0 Å². The molecule has 52 valence electrons. The van der Waals surface area contributed by atoms with Gasteiger partial charge in [-0.15, -0.1) is 0 Å². The number of hydrogen-bond donors (Lipinski definition) is 2. The summed E-state index contributed by atoms with van der Waals surface area (Å²) in [6.45, 7) is 4.93. The molecule has 0 aromatic heterocycles. The Kier molecular flexibility index (Phi) is 4.49. The molecule has 6 heteroatoms. The third kappa shape index (κ3) is 5.24. The maximum atomic E-state index is 9.71. The van der Waals surface area contributed by atoms with Gasteiger partial charge in [-0.1, -0.05) is 0 Å². The molecule has 0 bridgehead atoms. The average molecular weight is 138 g/mol. The zero-order chi connectivity index (χ0) is 7.98. The molecule has 0 aliphatic rings. The van der Waals surface area contributed by atoms with Crippen LogP contribution in [0.3, 0.4) is 0 Å². The molecule has 0 saturated carbocycles. The van der Waals surface area contributed by atoms with Crippen molar-refractivity contribution >= 4 is 20.3 Å². The number of aliphatic imine (C=N–C) groups is 1. The summed E-state index contributed by atoms with van der Waals surface area (Å²) < 4.78 is 9.71. The van der Waals surface area contributed by atoms with Crippen molar-refractivity contribution in [2.75, 3.05) is 0 Å². The first kappa shape index (κ1) is 9.10. The molecule has 0 fully saturated rings. The molecule has 0 radical (unpaired) electrons. The first-order chi connectivity index (χ1) is 4.66. The van der Waals surface area contributed by atoms with Gasteiger partial charge in [-0.25, -0.2) is 0 Å². The van der Waals surface area contributed by atoms with Crippen molar-refractivity contribution in [3.05, 3.63) is 12.4 Å². The summed E-state index contributed by atoms with van der Waals surface area (Å²) in [5.74, 6) is 0.266. The molecule has 0 aromatic carbocycles. The molecule has 0 unspecified atom stereocenters. The van der Waals surface area contributed by atoms with Crippen LogP contribution in [0, 0.1) is 0 Å². The molecule has 0 atom stereocenters. The van der Waals surface area contributed by atoms with Gasteiger partial charge >= 0.3 is 59.5 Å². The van der Waals surface area contributed by atoms with Crippen LogP contribution in [0.25, 0.3) is 0 Å². The Balaban J connectivity index is 3.64. The normalized spacial score (nSPS) is 9.00. The van der Waals surface area contributed by atoms with E-state index in [1.54, 1.807) is 0 Å². The molecule has 10 heavy (non-hydrogen) atoms. The molecular formula is C4H8B2N2O2. The van der Waals surface area contributed by atoms with E-state index in [2.05, 4.69) is 16.8 Å². The Labute approximate surface area is 60.4 Å². The van der Waals surface area contributed by atoms with Gasteiger partial charge in [0, 0.05) is 0 Å². The van der Waals surface area contributed by atoms with Crippen molar-refractivity contribution < 1.29 is 9.73 Å². The van der Waals surface area contributed by atoms with Crippen molar-refractivity contribution in [2.45, 2.75) is 6.82 Å². The van der Waals surface area contributed by atoms with Gasteiger partial charge in [-0.05, 0) is 0 Å². The summed E-state index contributed by atoms with van der Waals surface area (Å²) in [7, 11) is -0.161. The van der Waals surface area contributed by atoms with Crippen LogP contribution in [-0.4, -0.2) is 25.3 Å². The first-order valence-electron chi connectivity index (χ1n) is 2.78. The van der Waals surface area contributed by atoms with Crippen LogP contribution < -0.4 is 5.23 Å². The number of nitrogens with one attached hydrogen (secondary N) is 1. The molecule has 0 amide bonds. The summed E-state index contributed by atoms with van der Waals surface area (Å²) in [5, 5.41) is 11.2. The minimum atomic E-state index is -0.698. The number of hydrogen-bond acceptors (Lipinski definition) is 4. The second-order valence-electron chi connectivity index (χ2n) is 1.68. The quantitative estimate of drug-likeness (QED) is 0.396. The first-order valence-corrected chi connectivity index (χ1v) is 2.78. The van der Waals surface area contributed by atoms with E-state index < -0.39 is 7.05 Å². The van der Waals surface area contributed by atoms with Gasteiger partial charge < -0.3 is 0 Å². The fourth-order valence-electron chi connectivity index (χ4n) is 0.399. The Hall–Kier alpha value is -0.900. The summed E-state index contributed by atoms with van der Waals surface area (Å²) >= 11 is 0. The summed E-state index contributed by atoms with van der Waals surface area (Å²) in [6.07, 6.45) is 1.05. The maximum absolute atomic E-state index is 9.71. The molecule has 0 spiro atoms. The van der Waals surface area contributed by atoms with E-state index in [9.17, 15) is 4.70 Å². The SMILES string of the molecule is C=C(/N=C/B=O)NB(C)O. The zero-order valence-electron chi connectivity index (χ0n) is 5.74. The second kappa shape index (κ2) is 4.93. The predicted molar refractivity (Wildman–Crippen MR) is 41.0 cm³/mol. The Morgan fingerprint density at radius 1 is 2.00 bits per heavy atom. The standard InChI is InChI=1S/C4H8B2N2O2/c1-4(7-3-5-9)8-6(2)10/h3,8,10H,1H2,2H3/b7-3+. The van der Waals surface area contributed by atoms with Crippen LogP contribution in [0.15, 0.2) is 17.4 Å². The third-order valence-electron chi connectivity index (χ3n) is 0.667. The van der Waals surface area contributed by atoms with E-state index in [1.165, 1.54) is 6.82 Å². The van der Waals surface area contributed by atoms with E-state index in [0.29, 0.717) is 7.15 Å². The Morgan fingerprint density at radius 3 is 3.00 bits per heavy atom. The molecular weight excluding hydrogens is 130 g/mol. The summed E-state index contributed by atoms with van der Waals surface area (Å²) in [4.78, 5) is 3.52. The molecule has 0 aliphatic heterocycles. The molecule has 0 aliphatic carbocycles. The van der Waals surface area contributed by atoms with Gasteiger partial charge in [0.15, 0.2) is 0 Å². The monoisotopic (exact) mass is 138 g/mol. The summed E-state index contributed by atoms with van der Waals surface area (Å²) in [5.41, 5.74) is 0. The number of nitrogens with zero attached hydrogens (tertiary/aromatic N) is 1. The van der Waals surface area contributed by atoms with Crippen molar-refractivity contribution in [1.82, 2.24) is 5.23 Å². The van der Waals surface area contributed by atoms with E-state index in [1.807, 2.05) is 0 Å². The Bertz CT molecular complexity index is 157. The minimum absolute atomic E-state index is 0.266. The van der Waals surface area contributed by atoms with Crippen LogP contribution in [0.1, 0.15) is 0 Å². The van der Waals surface area contributed by atoms with E-state index in [4.69, 9.17) is 5.02 Å². The van der Waals surface area contributed by atoms with Crippen LogP contribution in [0.5, 0.6) is 0 Å². The molecule has 0 saturated heterocycles. The van der Waals surface area contributed by atoms with Crippen LogP contribution in [0.2, 0.25) is 6.82 Å². The third-order valence-corrected chi connectivity index (χ3v) is 0.667. The van der Waals surface area contributed by atoms with Crippen LogP contribution >= 0.6 is 0 Å². The van der Waals surface area contributed by atoms with Crippen molar-refractivity contribution in [1.29, 1.82) is 0 Å². The van der Waals surface area contributed by atoms with E-state index in [0.717, 1.165) is 6.11 Å². The fraction of sp³-hybridized carbons (Fsp3) is 0.250. The molecule has 2 N–H and O–H groups in total. The molecule has 0 heterocycles. The van der Waals surface area contributed by atoms with Gasteiger partial charge in [0.2, 0.25) is 0 Å². The predicted octanol–water partition coefficient (Wildman–Crippen LogP) is -0.764. The van der Waals surface area contributed by atoms with Gasteiger partial charge in [-0.3, -0.25) is 0 Å². The van der Waals surface area contributed by atoms with E-state index in [-0.39, 0.29) is 5.82 Å². The number of rotatable bonds is 4. The van der Waals surface area contributed by atoms with E-state index >= 15 is 0 Å². The van der Waals surface area contributed by atoms with Gasteiger partial charge in [0.1, 0.15) is 0 Å². The molecule has 0 rings (SSSR count). The fourth-order valence-corrected chi connectivity index (χ4v) is 0.399. The van der Waals surface area contributed by atoms with Gasteiger partial charge in [-0.2, -0.15) is 0 Å².